The Morgan fingerprint density at radius 1 is 1.33 bits per heavy atom. The van der Waals surface area contributed by atoms with Gasteiger partial charge in [-0.3, -0.25) is 0 Å². The molecule has 112 valence electrons. The molecular weight excluding hydrogens is 280 g/mol. The molecule has 1 N–H and O–H groups in total. The summed E-state index contributed by atoms with van der Waals surface area (Å²) in [4.78, 5) is 12.7. The second kappa shape index (κ2) is 6.54. The SMILES string of the molecule is CC(C)N(Cc1cccs1)c1ncc(CNC2CC2)cn1. The maximum absolute atomic E-state index is 4.56. The van der Waals surface area contributed by atoms with Crippen LogP contribution in [0.25, 0.3) is 0 Å². The van der Waals surface area contributed by atoms with Crippen LogP contribution in [0.1, 0.15) is 37.1 Å². The van der Waals surface area contributed by atoms with Crippen LogP contribution in [0.3, 0.4) is 0 Å². The van der Waals surface area contributed by atoms with Crippen molar-refractivity contribution in [2.75, 3.05) is 4.90 Å². The van der Waals surface area contributed by atoms with Gasteiger partial charge in [0.1, 0.15) is 0 Å². The first kappa shape index (κ1) is 14.5. The smallest absolute Gasteiger partial charge is 0.225 e. The third kappa shape index (κ3) is 4.02. The van der Waals surface area contributed by atoms with Gasteiger partial charge in [-0.05, 0) is 38.1 Å². The van der Waals surface area contributed by atoms with Gasteiger partial charge in [0, 0.05) is 41.5 Å². The highest BCUT2D eigenvalue weighted by molar-refractivity contribution is 7.09. The molecule has 0 atom stereocenters. The Morgan fingerprint density at radius 2 is 2.10 bits per heavy atom. The molecule has 2 aromatic heterocycles. The van der Waals surface area contributed by atoms with Gasteiger partial charge in [0.2, 0.25) is 5.95 Å². The second-order valence-electron chi connectivity index (χ2n) is 5.85. The van der Waals surface area contributed by atoms with E-state index < -0.39 is 0 Å². The molecule has 0 spiro atoms. The minimum atomic E-state index is 0.377. The fourth-order valence-electron chi connectivity index (χ4n) is 2.19. The lowest BCUT2D eigenvalue weighted by molar-refractivity contribution is 0.657. The first-order chi connectivity index (χ1) is 10.2. The Labute approximate surface area is 130 Å². The first-order valence-electron chi connectivity index (χ1n) is 7.55. The summed E-state index contributed by atoms with van der Waals surface area (Å²) in [5.74, 6) is 0.813. The van der Waals surface area contributed by atoms with Gasteiger partial charge in [0.15, 0.2) is 0 Å². The van der Waals surface area contributed by atoms with Gasteiger partial charge in [-0.25, -0.2) is 9.97 Å². The minimum Gasteiger partial charge on any atom is -0.333 e. The third-order valence-electron chi connectivity index (χ3n) is 3.65. The zero-order chi connectivity index (χ0) is 14.7. The zero-order valence-corrected chi connectivity index (χ0v) is 13.4. The summed E-state index contributed by atoms with van der Waals surface area (Å²) >= 11 is 1.78. The number of anilines is 1. The molecule has 1 fully saturated rings. The molecule has 21 heavy (non-hydrogen) atoms. The number of nitrogens with one attached hydrogen (secondary N) is 1. The van der Waals surface area contributed by atoms with Gasteiger partial charge in [-0.15, -0.1) is 11.3 Å². The molecule has 5 heteroatoms. The van der Waals surface area contributed by atoms with Crippen molar-refractivity contribution in [3.05, 3.63) is 40.3 Å². The van der Waals surface area contributed by atoms with E-state index in [0.29, 0.717) is 6.04 Å². The summed E-state index contributed by atoms with van der Waals surface area (Å²) in [7, 11) is 0. The van der Waals surface area contributed by atoms with Crippen LogP contribution in [0, 0.1) is 0 Å². The first-order valence-corrected chi connectivity index (χ1v) is 8.43. The van der Waals surface area contributed by atoms with Crippen molar-refractivity contribution in [2.24, 2.45) is 0 Å². The van der Waals surface area contributed by atoms with E-state index in [2.05, 4.69) is 51.5 Å². The average molecular weight is 302 g/mol. The number of hydrogen-bond acceptors (Lipinski definition) is 5. The van der Waals surface area contributed by atoms with Crippen LogP contribution in [0.2, 0.25) is 0 Å². The van der Waals surface area contributed by atoms with Gasteiger partial charge in [0.05, 0.1) is 6.54 Å². The predicted molar refractivity (Wildman–Crippen MR) is 87.5 cm³/mol. The zero-order valence-electron chi connectivity index (χ0n) is 12.6. The Balaban J connectivity index is 1.66. The van der Waals surface area contributed by atoms with Crippen molar-refractivity contribution < 1.29 is 0 Å². The fourth-order valence-corrected chi connectivity index (χ4v) is 2.89. The van der Waals surface area contributed by atoms with E-state index in [1.807, 2.05) is 12.4 Å². The van der Waals surface area contributed by atoms with Crippen molar-refractivity contribution in [1.29, 1.82) is 0 Å². The lowest BCUT2D eigenvalue weighted by Crippen LogP contribution is -2.31. The molecule has 0 amide bonds. The fraction of sp³-hybridized carbons (Fsp3) is 0.500. The van der Waals surface area contributed by atoms with Crippen molar-refractivity contribution in [3.8, 4) is 0 Å². The largest absolute Gasteiger partial charge is 0.333 e. The molecular formula is C16H22N4S. The molecule has 0 radical (unpaired) electrons. The molecule has 1 saturated carbocycles. The molecule has 0 aliphatic heterocycles. The molecule has 0 aromatic carbocycles. The summed E-state index contributed by atoms with van der Waals surface area (Å²) in [5.41, 5.74) is 1.16. The summed E-state index contributed by atoms with van der Waals surface area (Å²) in [5, 5.41) is 5.60. The van der Waals surface area contributed by atoms with Crippen molar-refractivity contribution in [1.82, 2.24) is 15.3 Å². The van der Waals surface area contributed by atoms with Gasteiger partial charge >= 0.3 is 0 Å². The highest BCUT2D eigenvalue weighted by atomic mass is 32.1. The average Bonchev–Trinajstić information content (AvgIpc) is 3.17. The van der Waals surface area contributed by atoms with E-state index in [1.165, 1.54) is 17.7 Å². The maximum Gasteiger partial charge on any atom is 0.225 e. The van der Waals surface area contributed by atoms with E-state index in [9.17, 15) is 0 Å². The highest BCUT2D eigenvalue weighted by Gasteiger charge is 2.20. The van der Waals surface area contributed by atoms with Gasteiger partial charge in [0.25, 0.3) is 0 Å². The van der Waals surface area contributed by atoms with Crippen LogP contribution in [-0.2, 0) is 13.1 Å². The molecule has 2 heterocycles. The lowest BCUT2D eigenvalue weighted by atomic mass is 10.3. The maximum atomic E-state index is 4.56. The molecule has 1 aliphatic rings. The van der Waals surface area contributed by atoms with Crippen molar-refractivity contribution in [3.63, 3.8) is 0 Å². The molecule has 3 rings (SSSR count). The predicted octanol–water partition coefficient (Wildman–Crippen LogP) is 3.21. The summed E-state index contributed by atoms with van der Waals surface area (Å²) in [6.07, 6.45) is 6.50. The normalized spacial score (nSPS) is 14.6. The van der Waals surface area contributed by atoms with Crippen LogP contribution < -0.4 is 10.2 Å². The highest BCUT2D eigenvalue weighted by Crippen LogP contribution is 2.20. The molecule has 0 bridgehead atoms. The van der Waals surface area contributed by atoms with E-state index >= 15 is 0 Å². The summed E-state index contributed by atoms with van der Waals surface area (Å²) < 4.78 is 0. The van der Waals surface area contributed by atoms with Gasteiger partial charge in [-0.2, -0.15) is 0 Å². The molecule has 0 saturated heterocycles. The lowest BCUT2D eigenvalue weighted by Gasteiger charge is -2.26. The van der Waals surface area contributed by atoms with Gasteiger partial charge in [-0.1, -0.05) is 6.07 Å². The number of nitrogens with zero attached hydrogens (tertiary/aromatic N) is 3. The summed E-state index contributed by atoms with van der Waals surface area (Å²) in [6, 6.07) is 5.35. The van der Waals surface area contributed by atoms with E-state index in [4.69, 9.17) is 0 Å². The van der Waals surface area contributed by atoms with Gasteiger partial charge < -0.3 is 10.2 Å². The molecule has 4 nitrogen and oxygen atoms in total. The van der Waals surface area contributed by atoms with E-state index in [1.54, 1.807) is 11.3 Å². The Kier molecular flexibility index (Phi) is 4.51. The number of hydrogen-bond donors (Lipinski definition) is 1. The topological polar surface area (TPSA) is 41.1 Å². The van der Waals surface area contributed by atoms with Crippen LogP contribution in [0.5, 0.6) is 0 Å². The Hall–Kier alpha value is -1.46. The number of aromatic nitrogens is 2. The molecule has 2 aromatic rings. The van der Waals surface area contributed by atoms with E-state index in [-0.39, 0.29) is 0 Å². The Morgan fingerprint density at radius 3 is 2.67 bits per heavy atom. The minimum absolute atomic E-state index is 0.377. The second-order valence-corrected chi connectivity index (χ2v) is 6.88. The Bertz CT molecular complexity index is 546. The van der Waals surface area contributed by atoms with Crippen LogP contribution in [-0.4, -0.2) is 22.1 Å². The van der Waals surface area contributed by atoms with Crippen LogP contribution >= 0.6 is 11.3 Å². The molecule has 0 unspecified atom stereocenters. The monoisotopic (exact) mass is 302 g/mol. The standard InChI is InChI=1S/C16H22N4S/c1-12(2)20(11-15-4-3-7-21-15)16-18-9-13(10-19-16)8-17-14-5-6-14/h3-4,7,9-10,12,14,17H,5-6,8,11H2,1-2H3. The van der Waals surface area contributed by atoms with Crippen molar-refractivity contribution >= 4 is 17.3 Å². The van der Waals surface area contributed by atoms with Crippen molar-refractivity contribution in [2.45, 2.75) is 51.9 Å². The number of rotatable bonds is 7. The quantitative estimate of drug-likeness (QED) is 0.853. The van der Waals surface area contributed by atoms with Crippen LogP contribution in [0.15, 0.2) is 29.9 Å². The van der Waals surface area contributed by atoms with E-state index in [0.717, 1.165) is 30.6 Å². The molecule has 1 aliphatic carbocycles. The summed E-state index contributed by atoms with van der Waals surface area (Å²) in [6.45, 7) is 6.10. The van der Waals surface area contributed by atoms with Crippen LogP contribution in [0.4, 0.5) is 5.95 Å². The number of thiophene rings is 1. The third-order valence-corrected chi connectivity index (χ3v) is 4.51.